The van der Waals surface area contributed by atoms with E-state index in [0.29, 0.717) is 23.9 Å². The van der Waals surface area contributed by atoms with Gasteiger partial charge in [0.15, 0.2) is 11.5 Å². The van der Waals surface area contributed by atoms with Crippen LogP contribution in [0.1, 0.15) is 5.56 Å². The van der Waals surface area contributed by atoms with E-state index < -0.39 is 4.92 Å². The molecule has 3 N–H and O–H groups in total. The minimum atomic E-state index is -0.568. The molecule has 0 radical (unpaired) electrons. The van der Waals surface area contributed by atoms with Gasteiger partial charge in [-0.1, -0.05) is 12.1 Å². The summed E-state index contributed by atoms with van der Waals surface area (Å²) in [6.45, 7) is 0.645. The van der Waals surface area contributed by atoms with Gasteiger partial charge in [0.2, 0.25) is 12.6 Å². The van der Waals surface area contributed by atoms with Crippen molar-refractivity contribution in [3.63, 3.8) is 0 Å². The maximum atomic E-state index is 10.7. The van der Waals surface area contributed by atoms with Crippen LogP contribution < -0.4 is 20.5 Å². The van der Waals surface area contributed by atoms with Gasteiger partial charge in [0.25, 0.3) is 0 Å². The third kappa shape index (κ3) is 2.50. The second-order valence-electron chi connectivity index (χ2n) is 4.36. The second kappa shape index (κ2) is 5.16. The standard InChI is InChI=1S/C13H12N4O4/c14-13-9(17(18)19)4-5-11(16-13)15-6-8-2-1-3-10-12(8)21-7-20-10/h1-5H,6-7H2,(H3,14,15,16). The molecule has 0 spiro atoms. The number of pyridine rings is 1. The lowest BCUT2D eigenvalue weighted by Crippen LogP contribution is -2.05. The predicted octanol–water partition coefficient (Wildman–Crippen LogP) is 1.91. The third-order valence-electron chi connectivity index (χ3n) is 3.04. The number of nitro groups is 1. The number of nitrogens with two attached hydrogens (primary N) is 1. The molecule has 1 aliphatic rings. The predicted molar refractivity (Wildman–Crippen MR) is 75.2 cm³/mol. The monoisotopic (exact) mass is 288 g/mol. The Kier molecular flexibility index (Phi) is 3.19. The van der Waals surface area contributed by atoms with Gasteiger partial charge in [-0.2, -0.15) is 0 Å². The zero-order valence-electron chi connectivity index (χ0n) is 10.9. The number of benzene rings is 1. The second-order valence-corrected chi connectivity index (χ2v) is 4.36. The highest BCUT2D eigenvalue weighted by Crippen LogP contribution is 2.35. The molecular weight excluding hydrogens is 276 g/mol. The maximum absolute atomic E-state index is 10.7. The van der Waals surface area contributed by atoms with Gasteiger partial charge in [0.1, 0.15) is 5.82 Å². The van der Waals surface area contributed by atoms with Crippen LogP contribution in [0, 0.1) is 10.1 Å². The molecule has 0 fully saturated rings. The van der Waals surface area contributed by atoms with E-state index in [2.05, 4.69) is 10.3 Å². The maximum Gasteiger partial charge on any atom is 0.311 e. The zero-order valence-corrected chi connectivity index (χ0v) is 10.9. The molecule has 0 atom stereocenters. The van der Waals surface area contributed by atoms with Crippen LogP contribution in [0.3, 0.4) is 0 Å². The fourth-order valence-corrected chi connectivity index (χ4v) is 2.04. The van der Waals surface area contributed by atoms with Crippen LogP contribution in [0.15, 0.2) is 30.3 Å². The summed E-state index contributed by atoms with van der Waals surface area (Å²) in [4.78, 5) is 14.1. The molecule has 3 rings (SSSR count). The van der Waals surface area contributed by atoms with Crippen molar-refractivity contribution in [1.82, 2.24) is 4.98 Å². The molecule has 0 unspecified atom stereocenters. The fraction of sp³-hybridized carbons (Fsp3) is 0.154. The lowest BCUT2D eigenvalue weighted by atomic mass is 10.2. The summed E-state index contributed by atoms with van der Waals surface area (Å²) < 4.78 is 10.7. The van der Waals surface area contributed by atoms with Gasteiger partial charge in [-0.15, -0.1) is 0 Å². The number of hydrogen-bond donors (Lipinski definition) is 2. The average molecular weight is 288 g/mol. The van der Waals surface area contributed by atoms with E-state index >= 15 is 0 Å². The summed E-state index contributed by atoms with van der Waals surface area (Å²) in [6, 6.07) is 8.42. The van der Waals surface area contributed by atoms with Crippen molar-refractivity contribution in [3.05, 3.63) is 46.0 Å². The summed E-state index contributed by atoms with van der Waals surface area (Å²) in [5, 5.41) is 13.7. The van der Waals surface area contributed by atoms with E-state index in [1.165, 1.54) is 12.1 Å². The number of hydrogen-bond acceptors (Lipinski definition) is 7. The number of anilines is 2. The molecule has 0 amide bonds. The molecule has 1 aromatic heterocycles. The number of nitrogens with one attached hydrogen (secondary N) is 1. The van der Waals surface area contributed by atoms with Gasteiger partial charge in [0, 0.05) is 18.2 Å². The normalized spacial score (nSPS) is 12.2. The van der Waals surface area contributed by atoms with E-state index in [0.717, 1.165) is 5.56 Å². The molecule has 108 valence electrons. The first-order chi connectivity index (χ1) is 10.1. The average Bonchev–Trinajstić information content (AvgIpc) is 2.93. The summed E-state index contributed by atoms with van der Waals surface area (Å²) in [5.41, 5.74) is 6.24. The highest BCUT2D eigenvalue weighted by molar-refractivity contribution is 5.57. The Balaban J connectivity index is 1.75. The van der Waals surface area contributed by atoms with Gasteiger partial charge in [0.05, 0.1) is 4.92 Å². The van der Waals surface area contributed by atoms with Crippen LogP contribution in [0.2, 0.25) is 0 Å². The molecule has 21 heavy (non-hydrogen) atoms. The van der Waals surface area contributed by atoms with E-state index in [1.807, 2.05) is 18.2 Å². The Bertz CT molecular complexity index is 705. The number of nitrogen functional groups attached to an aromatic ring is 1. The van der Waals surface area contributed by atoms with Crippen molar-refractivity contribution in [2.24, 2.45) is 0 Å². The van der Waals surface area contributed by atoms with Crippen molar-refractivity contribution < 1.29 is 14.4 Å². The SMILES string of the molecule is Nc1nc(NCc2cccc3c2OCO3)ccc1[N+](=O)[O-]. The Morgan fingerprint density at radius 2 is 2.19 bits per heavy atom. The van der Waals surface area contributed by atoms with Crippen LogP contribution in [-0.4, -0.2) is 16.7 Å². The number of ether oxygens (including phenoxy) is 2. The number of nitrogens with zero attached hydrogens (tertiary/aromatic N) is 2. The number of para-hydroxylation sites is 1. The van der Waals surface area contributed by atoms with Gasteiger partial charge >= 0.3 is 5.69 Å². The number of aromatic nitrogens is 1. The Labute approximate surface area is 119 Å². The van der Waals surface area contributed by atoms with E-state index in [4.69, 9.17) is 15.2 Å². The highest BCUT2D eigenvalue weighted by Gasteiger charge is 2.17. The molecular formula is C13H12N4O4. The first-order valence-electron chi connectivity index (χ1n) is 6.17. The quantitative estimate of drug-likeness (QED) is 0.652. The molecule has 1 aliphatic heterocycles. The van der Waals surface area contributed by atoms with E-state index in [9.17, 15) is 10.1 Å². The molecule has 2 aromatic rings. The van der Waals surface area contributed by atoms with Crippen molar-refractivity contribution >= 4 is 17.3 Å². The summed E-state index contributed by atoms with van der Waals surface area (Å²) >= 11 is 0. The van der Waals surface area contributed by atoms with Crippen molar-refractivity contribution in [3.8, 4) is 11.5 Å². The Morgan fingerprint density at radius 3 is 2.95 bits per heavy atom. The van der Waals surface area contributed by atoms with E-state index in [1.54, 1.807) is 0 Å². The molecule has 8 nitrogen and oxygen atoms in total. The lowest BCUT2D eigenvalue weighted by molar-refractivity contribution is -0.384. The zero-order chi connectivity index (χ0) is 14.8. The first-order valence-corrected chi connectivity index (χ1v) is 6.17. The Hall–Kier alpha value is -3.03. The van der Waals surface area contributed by atoms with Gasteiger partial charge < -0.3 is 20.5 Å². The van der Waals surface area contributed by atoms with Crippen molar-refractivity contribution in [1.29, 1.82) is 0 Å². The van der Waals surface area contributed by atoms with Gasteiger partial charge in [-0.25, -0.2) is 4.98 Å². The summed E-state index contributed by atoms with van der Waals surface area (Å²) in [5.74, 6) is 1.72. The van der Waals surface area contributed by atoms with E-state index in [-0.39, 0.29) is 18.3 Å². The number of rotatable bonds is 4. The smallest absolute Gasteiger partial charge is 0.311 e. The molecule has 2 heterocycles. The molecule has 0 saturated carbocycles. The van der Waals surface area contributed by atoms with Gasteiger partial charge in [-0.05, 0) is 12.1 Å². The summed E-state index contributed by atoms with van der Waals surface area (Å²) in [7, 11) is 0. The minimum Gasteiger partial charge on any atom is -0.454 e. The fourth-order valence-electron chi connectivity index (χ4n) is 2.04. The van der Waals surface area contributed by atoms with Crippen LogP contribution in [-0.2, 0) is 6.54 Å². The molecule has 0 saturated heterocycles. The molecule has 1 aromatic carbocycles. The van der Waals surface area contributed by atoms with Crippen molar-refractivity contribution in [2.75, 3.05) is 17.8 Å². The van der Waals surface area contributed by atoms with Crippen LogP contribution in [0.4, 0.5) is 17.3 Å². The Morgan fingerprint density at radius 1 is 1.33 bits per heavy atom. The molecule has 0 aliphatic carbocycles. The first kappa shape index (κ1) is 13.0. The molecule has 0 bridgehead atoms. The van der Waals surface area contributed by atoms with Crippen molar-refractivity contribution in [2.45, 2.75) is 6.54 Å². The topological polar surface area (TPSA) is 113 Å². The van der Waals surface area contributed by atoms with Crippen LogP contribution in [0.5, 0.6) is 11.5 Å². The number of fused-ring (bicyclic) bond motifs is 1. The van der Waals surface area contributed by atoms with Crippen LogP contribution in [0.25, 0.3) is 0 Å². The summed E-state index contributed by atoms with van der Waals surface area (Å²) in [6.07, 6.45) is 0. The highest BCUT2D eigenvalue weighted by atomic mass is 16.7. The van der Waals surface area contributed by atoms with Crippen LogP contribution >= 0.6 is 0 Å². The van der Waals surface area contributed by atoms with Gasteiger partial charge in [-0.3, -0.25) is 10.1 Å². The molecule has 8 heteroatoms. The largest absolute Gasteiger partial charge is 0.454 e. The minimum absolute atomic E-state index is 0.122. The lowest BCUT2D eigenvalue weighted by Gasteiger charge is -2.08. The third-order valence-corrected chi connectivity index (χ3v) is 3.04.